The van der Waals surface area contributed by atoms with Gasteiger partial charge in [0.1, 0.15) is 46.8 Å². The number of pyridine rings is 1. The van der Waals surface area contributed by atoms with Gasteiger partial charge in [0.15, 0.2) is 5.82 Å². The number of aromatic nitrogens is 3. The molecule has 4 fully saturated rings. The van der Waals surface area contributed by atoms with E-state index in [-0.39, 0.29) is 69.0 Å². The Hall–Kier alpha value is -4.34. The maximum absolute atomic E-state index is 17.2. The second-order valence-corrected chi connectivity index (χ2v) is 14.0. The summed E-state index contributed by atoms with van der Waals surface area (Å²) in [6.07, 6.45) is 8.58. The summed E-state index contributed by atoms with van der Waals surface area (Å²) in [7, 11) is 0. The Morgan fingerprint density at radius 1 is 1.12 bits per heavy atom. The van der Waals surface area contributed by atoms with Gasteiger partial charge >= 0.3 is 6.01 Å². The number of aromatic hydroxyl groups is 1. The Balaban J connectivity index is 1.35. The fraction of sp³-hybridized carbons (Fsp3) is 0.472. The molecule has 12 heteroatoms. The van der Waals surface area contributed by atoms with Crippen molar-refractivity contribution in [3.8, 4) is 41.2 Å². The summed E-state index contributed by atoms with van der Waals surface area (Å²) < 4.78 is 59.3. The summed E-state index contributed by atoms with van der Waals surface area (Å²) >= 11 is 0. The number of hydrogen-bond acceptors (Lipinski definition) is 9. The molecule has 1 saturated carbocycles. The van der Waals surface area contributed by atoms with E-state index in [0.717, 1.165) is 32.2 Å². The van der Waals surface area contributed by atoms with Crippen LogP contribution in [0.25, 0.3) is 32.9 Å². The molecule has 1 spiro atoms. The number of anilines is 1. The summed E-state index contributed by atoms with van der Waals surface area (Å²) in [6, 6.07) is 5.40. The molecule has 2 aromatic carbocycles. The molecule has 5 heterocycles. The molecule has 2 N–H and O–H groups in total. The number of fused-ring (bicyclic) bond motifs is 3. The van der Waals surface area contributed by atoms with Gasteiger partial charge in [0.25, 0.3) is 0 Å². The first-order valence-electron chi connectivity index (χ1n) is 16.6. The lowest BCUT2D eigenvalue weighted by atomic mass is 9.95. The van der Waals surface area contributed by atoms with E-state index in [2.05, 4.69) is 26.0 Å². The van der Waals surface area contributed by atoms with Crippen LogP contribution in [0.5, 0.6) is 17.6 Å². The first-order chi connectivity index (χ1) is 23.1. The Morgan fingerprint density at radius 2 is 1.96 bits per heavy atom. The van der Waals surface area contributed by atoms with Crippen molar-refractivity contribution < 1.29 is 27.8 Å². The van der Waals surface area contributed by atoms with Crippen LogP contribution < -0.4 is 19.7 Å². The summed E-state index contributed by atoms with van der Waals surface area (Å²) in [6.45, 7) is 6.96. The quantitative estimate of drug-likeness (QED) is 0.250. The van der Waals surface area contributed by atoms with E-state index in [1.807, 2.05) is 13.8 Å². The Labute approximate surface area is 276 Å². The molecule has 0 bridgehead atoms. The molecule has 3 aliphatic heterocycles. The maximum Gasteiger partial charge on any atom is 0.319 e. The SMILES string of the molecule is C#Cc1c(F)ccc2cc(O)cc(-c3nc(OC(C)C)c4c(N5CCNC6(CC6)C5)nc(OC[C@@]56CCCN5C[C@H](F)C6)nc4c3F)c12. The second kappa shape index (κ2) is 11.4. The van der Waals surface area contributed by atoms with Gasteiger partial charge in [0, 0.05) is 49.1 Å². The second-order valence-electron chi connectivity index (χ2n) is 14.0. The zero-order chi connectivity index (χ0) is 33.4. The molecule has 250 valence electrons. The minimum absolute atomic E-state index is 0.0351. The van der Waals surface area contributed by atoms with Crippen LogP contribution in [0, 0.1) is 24.0 Å². The third-order valence-electron chi connectivity index (χ3n) is 10.3. The minimum Gasteiger partial charge on any atom is -0.508 e. The van der Waals surface area contributed by atoms with Crippen molar-refractivity contribution in [2.24, 2.45) is 0 Å². The van der Waals surface area contributed by atoms with Gasteiger partial charge < -0.3 is 24.8 Å². The van der Waals surface area contributed by atoms with E-state index in [4.69, 9.17) is 25.9 Å². The van der Waals surface area contributed by atoms with Gasteiger partial charge in [-0.25, -0.2) is 18.2 Å². The number of alkyl halides is 1. The molecule has 2 atom stereocenters. The van der Waals surface area contributed by atoms with Crippen LogP contribution in [0.2, 0.25) is 0 Å². The van der Waals surface area contributed by atoms with Gasteiger partial charge in [-0.3, -0.25) is 4.90 Å². The highest BCUT2D eigenvalue weighted by molar-refractivity contribution is 6.04. The number of hydrogen-bond donors (Lipinski definition) is 2. The summed E-state index contributed by atoms with van der Waals surface area (Å²) in [5.41, 5.74) is -0.804. The number of halogens is 3. The summed E-state index contributed by atoms with van der Waals surface area (Å²) in [5.74, 6) is 1.25. The van der Waals surface area contributed by atoms with E-state index in [1.165, 1.54) is 24.3 Å². The maximum atomic E-state index is 17.2. The summed E-state index contributed by atoms with van der Waals surface area (Å²) in [4.78, 5) is 18.4. The zero-order valence-electron chi connectivity index (χ0n) is 27.0. The van der Waals surface area contributed by atoms with Gasteiger partial charge in [0.05, 0.1) is 17.2 Å². The summed E-state index contributed by atoms with van der Waals surface area (Å²) in [5, 5.41) is 15.2. The lowest BCUT2D eigenvalue weighted by Crippen LogP contribution is -2.53. The van der Waals surface area contributed by atoms with Crippen molar-refractivity contribution in [1.29, 1.82) is 0 Å². The fourth-order valence-corrected chi connectivity index (χ4v) is 7.91. The lowest BCUT2D eigenvalue weighted by molar-refractivity contribution is 0.107. The van der Waals surface area contributed by atoms with E-state index < -0.39 is 23.3 Å². The highest BCUT2D eigenvalue weighted by atomic mass is 19.1. The molecule has 8 rings (SSSR count). The van der Waals surface area contributed by atoms with Gasteiger partial charge in [0.2, 0.25) is 5.88 Å². The van der Waals surface area contributed by atoms with Crippen molar-refractivity contribution in [3.05, 3.63) is 41.5 Å². The highest BCUT2D eigenvalue weighted by Crippen LogP contribution is 2.45. The van der Waals surface area contributed by atoms with Crippen LogP contribution in [-0.2, 0) is 0 Å². The molecular formula is C36H37F3N6O3. The van der Waals surface area contributed by atoms with Crippen LogP contribution in [0.3, 0.4) is 0 Å². The minimum atomic E-state index is -0.936. The normalized spacial score (nSPS) is 23.3. The predicted molar refractivity (Wildman–Crippen MR) is 176 cm³/mol. The number of piperazine rings is 1. The van der Waals surface area contributed by atoms with Gasteiger partial charge in [-0.15, -0.1) is 6.42 Å². The Bertz CT molecular complexity index is 2000. The van der Waals surface area contributed by atoms with Gasteiger partial charge in [-0.2, -0.15) is 9.97 Å². The van der Waals surface area contributed by atoms with Gasteiger partial charge in [-0.05, 0) is 69.7 Å². The zero-order valence-corrected chi connectivity index (χ0v) is 27.0. The molecule has 9 nitrogen and oxygen atoms in total. The topological polar surface area (TPSA) is 95.9 Å². The van der Waals surface area contributed by atoms with Gasteiger partial charge in [-0.1, -0.05) is 12.0 Å². The molecule has 4 aromatic rings. The van der Waals surface area contributed by atoms with Crippen molar-refractivity contribution in [2.75, 3.05) is 44.2 Å². The monoisotopic (exact) mass is 658 g/mol. The van der Waals surface area contributed by atoms with E-state index in [1.54, 1.807) is 0 Å². The average molecular weight is 659 g/mol. The average Bonchev–Trinajstić information content (AvgIpc) is 3.55. The molecular weight excluding hydrogens is 621 g/mol. The number of benzene rings is 2. The third kappa shape index (κ3) is 5.15. The smallest absolute Gasteiger partial charge is 0.319 e. The van der Waals surface area contributed by atoms with Crippen LogP contribution in [0.4, 0.5) is 19.0 Å². The first kappa shape index (κ1) is 31.0. The first-order valence-corrected chi connectivity index (χ1v) is 16.6. The molecule has 0 radical (unpaired) electrons. The van der Waals surface area contributed by atoms with Crippen molar-refractivity contribution in [3.63, 3.8) is 0 Å². The number of phenolic OH excluding ortho intramolecular Hbond substituents is 1. The number of phenols is 1. The van der Waals surface area contributed by atoms with Crippen LogP contribution in [-0.4, -0.2) is 87.6 Å². The molecule has 0 amide bonds. The highest BCUT2D eigenvalue weighted by Gasteiger charge is 2.50. The molecule has 1 aliphatic carbocycles. The molecule has 3 saturated heterocycles. The number of nitrogens with one attached hydrogen (secondary N) is 1. The number of nitrogens with zero attached hydrogens (tertiary/aromatic N) is 5. The predicted octanol–water partition coefficient (Wildman–Crippen LogP) is 5.49. The molecule has 4 aliphatic rings. The van der Waals surface area contributed by atoms with E-state index >= 15 is 8.78 Å². The van der Waals surface area contributed by atoms with Crippen molar-refractivity contribution >= 4 is 27.5 Å². The number of terminal acetylenes is 1. The largest absolute Gasteiger partial charge is 0.508 e. The number of ether oxygens (including phenoxy) is 2. The molecule has 48 heavy (non-hydrogen) atoms. The Morgan fingerprint density at radius 3 is 2.73 bits per heavy atom. The molecule has 0 unspecified atom stereocenters. The standard InChI is InChI=1S/C36H37F3N6O3/c1-4-24-26(38)7-6-21-14-23(46)15-25(27(21)24)30-29(39)31-28(33(41-30)48-20(2)3)32(44-13-11-40-35(18-44)9-10-35)43-34(42-31)47-19-36-8-5-12-45(36)17-22(37)16-36/h1,6-7,14-15,20,22,40,46H,5,8-13,16-19H2,2-3H3/t22-,36+/m1/s1. The van der Waals surface area contributed by atoms with Crippen molar-refractivity contribution in [2.45, 2.75) is 69.3 Å². The Kier molecular flexibility index (Phi) is 7.34. The lowest BCUT2D eigenvalue weighted by Gasteiger charge is -2.36. The van der Waals surface area contributed by atoms with Crippen LogP contribution in [0.1, 0.15) is 51.5 Å². The van der Waals surface area contributed by atoms with Crippen LogP contribution >= 0.6 is 0 Å². The van der Waals surface area contributed by atoms with E-state index in [9.17, 15) is 9.50 Å². The fourth-order valence-electron chi connectivity index (χ4n) is 7.91. The van der Waals surface area contributed by atoms with Crippen LogP contribution in [0.15, 0.2) is 24.3 Å². The van der Waals surface area contributed by atoms with Crippen molar-refractivity contribution in [1.82, 2.24) is 25.2 Å². The molecule has 2 aromatic heterocycles. The van der Waals surface area contributed by atoms with E-state index in [0.29, 0.717) is 43.8 Å². The third-order valence-corrected chi connectivity index (χ3v) is 10.3. The number of rotatable bonds is 7.